The first-order chi connectivity index (χ1) is 14.0. The number of nitrogens with zero attached hydrogens (tertiary/aromatic N) is 1. The molecule has 0 bridgehead atoms. The molecule has 12 nitrogen and oxygen atoms in total. The van der Waals surface area contributed by atoms with Crippen LogP contribution in [0.4, 0.5) is 13.2 Å². The van der Waals surface area contributed by atoms with Crippen LogP contribution in [-0.2, 0) is 19.1 Å². The summed E-state index contributed by atoms with van der Waals surface area (Å²) < 4.78 is 47.6. The van der Waals surface area contributed by atoms with Gasteiger partial charge in [0.05, 0.1) is 6.61 Å². The van der Waals surface area contributed by atoms with Crippen LogP contribution in [0, 0.1) is 0 Å². The van der Waals surface area contributed by atoms with Gasteiger partial charge < -0.3 is 30.3 Å². The van der Waals surface area contributed by atoms with Gasteiger partial charge in [-0.1, -0.05) is 0 Å². The first-order valence-electron chi connectivity index (χ1n) is 8.53. The second-order valence-electron chi connectivity index (χ2n) is 6.13. The van der Waals surface area contributed by atoms with Crippen molar-refractivity contribution in [2.45, 2.75) is 30.7 Å². The summed E-state index contributed by atoms with van der Waals surface area (Å²) in [7, 11) is 0. The Labute approximate surface area is 165 Å². The summed E-state index contributed by atoms with van der Waals surface area (Å²) in [5.41, 5.74) is -1.56. The van der Waals surface area contributed by atoms with Crippen LogP contribution in [0.5, 0.6) is 0 Å². The Balaban J connectivity index is 1.92. The third kappa shape index (κ3) is 5.88. The van der Waals surface area contributed by atoms with E-state index < -0.39 is 73.5 Å². The number of ether oxygens (including phenoxy) is 2. The van der Waals surface area contributed by atoms with E-state index in [9.17, 15) is 42.6 Å². The largest absolute Gasteiger partial charge is 0.471 e. The van der Waals surface area contributed by atoms with Crippen LogP contribution in [0.1, 0.15) is 6.23 Å². The van der Waals surface area contributed by atoms with Gasteiger partial charge in [-0.15, -0.1) is 0 Å². The van der Waals surface area contributed by atoms with Crippen LogP contribution < -0.4 is 21.9 Å². The lowest BCUT2D eigenvalue weighted by atomic mass is 10.1. The number of aromatic nitrogens is 2. The molecule has 4 atom stereocenters. The van der Waals surface area contributed by atoms with Crippen molar-refractivity contribution < 1.29 is 42.4 Å². The minimum Gasteiger partial charge on any atom is -0.394 e. The molecular formula is C15H19F3N4O8. The third-order valence-electron chi connectivity index (χ3n) is 4.02. The van der Waals surface area contributed by atoms with Crippen molar-refractivity contribution in [2.75, 3.05) is 26.3 Å². The number of aliphatic hydroxyl groups is 2. The highest BCUT2D eigenvalue weighted by Crippen LogP contribution is 2.30. The topological polar surface area (TPSA) is 172 Å². The molecule has 0 aromatic carbocycles. The van der Waals surface area contributed by atoms with Gasteiger partial charge in [0.25, 0.3) is 5.56 Å². The van der Waals surface area contributed by atoms with Gasteiger partial charge in [0, 0.05) is 25.4 Å². The summed E-state index contributed by atoms with van der Waals surface area (Å²) in [6.07, 6.45) is -9.10. The number of aliphatic hydroxyl groups excluding tert-OH is 2. The fourth-order valence-electron chi connectivity index (χ4n) is 2.60. The second kappa shape index (κ2) is 9.84. The Morgan fingerprint density at radius 1 is 1.27 bits per heavy atom. The number of rotatable bonds is 8. The fraction of sp³-hybridized carbons (Fsp3) is 0.600. The predicted molar refractivity (Wildman–Crippen MR) is 90.1 cm³/mol. The molecule has 1 fully saturated rings. The van der Waals surface area contributed by atoms with Crippen molar-refractivity contribution in [3.05, 3.63) is 33.1 Å². The van der Waals surface area contributed by atoms with Crippen LogP contribution in [-0.4, -0.2) is 82.4 Å². The van der Waals surface area contributed by atoms with Gasteiger partial charge in [-0.2, -0.15) is 13.2 Å². The van der Waals surface area contributed by atoms with Crippen molar-refractivity contribution in [3.8, 4) is 0 Å². The first-order valence-corrected chi connectivity index (χ1v) is 8.53. The van der Waals surface area contributed by atoms with E-state index >= 15 is 0 Å². The minimum absolute atomic E-state index is 0.324. The molecule has 2 unspecified atom stereocenters. The standard InChI is InChI=1S/C15H19F3N4O8/c16-15(17,18)13(27)20-3-2-19-9(25)6-29-11-10(26)7(5-23)30-12(11)22-4-1-8(24)21-14(22)28/h1,4,7,10-12,23,26H,2-3,5-6H2,(H,19,25)(H,20,27)(H,21,24,28)/t7-,10?,11?,12-/m0/s1. The molecule has 30 heavy (non-hydrogen) atoms. The minimum atomic E-state index is -5.04. The summed E-state index contributed by atoms with van der Waals surface area (Å²) in [5.74, 6) is -2.94. The molecule has 1 aliphatic rings. The average molecular weight is 440 g/mol. The number of hydrogen-bond donors (Lipinski definition) is 5. The Bertz CT molecular complexity index is 870. The lowest BCUT2D eigenvalue weighted by Gasteiger charge is -2.22. The summed E-state index contributed by atoms with van der Waals surface area (Å²) in [4.78, 5) is 47.5. The Kier molecular flexibility index (Phi) is 7.71. The number of amides is 2. The summed E-state index contributed by atoms with van der Waals surface area (Å²) in [6, 6.07) is 1.02. The van der Waals surface area contributed by atoms with Crippen molar-refractivity contribution in [3.63, 3.8) is 0 Å². The number of nitrogens with one attached hydrogen (secondary N) is 3. The normalized spacial score (nSPS) is 23.9. The van der Waals surface area contributed by atoms with Gasteiger partial charge in [0.1, 0.15) is 24.9 Å². The number of alkyl halides is 3. The van der Waals surface area contributed by atoms with Gasteiger partial charge in [0.15, 0.2) is 6.23 Å². The van der Waals surface area contributed by atoms with Gasteiger partial charge in [-0.25, -0.2) is 4.79 Å². The van der Waals surface area contributed by atoms with Gasteiger partial charge in [-0.3, -0.25) is 23.9 Å². The van der Waals surface area contributed by atoms with Crippen LogP contribution in [0.25, 0.3) is 0 Å². The van der Waals surface area contributed by atoms with Gasteiger partial charge in [0.2, 0.25) is 5.91 Å². The molecule has 0 radical (unpaired) electrons. The SMILES string of the molecule is O=C(COC1C(O)[C@H](CO)O[C@@H]1n1ccc(=O)[nH]c1=O)NCCNC(=O)C(F)(F)F. The molecule has 1 aromatic heterocycles. The van der Waals surface area contributed by atoms with Crippen LogP contribution in [0.3, 0.4) is 0 Å². The second-order valence-corrected chi connectivity index (χ2v) is 6.13. The third-order valence-corrected chi connectivity index (χ3v) is 4.02. The molecule has 2 rings (SSSR count). The maximum atomic E-state index is 12.0. The van der Waals surface area contributed by atoms with E-state index in [2.05, 4.69) is 5.32 Å². The zero-order valence-electron chi connectivity index (χ0n) is 15.2. The smallest absolute Gasteiger partial charge is 0.394 e. The van der Waals surface area contributed by atoms with E-state index in [1.807, 2.05) is 4.98 Å². The molecule has 15 heteroatoms. The number of aromatic amines is 1. The Hall–Kier alpha value is -2.75. The molecule has 0 saturated carbocycles. The highest BCUT2D eigenvalue weighted by Gasteiger charge is 2.46. The van der Waals surface area contributed by atoms with Gasteiger partial charge in [-0.05, 0) is 0 Å². The molecule has 1 saturated heterocycles. The maximum Gasteiger partial charge on any atom is 0.471 e. The summed E-state index contributed by atoms with van der Waals surface area (Å²) >= 11 is 0. The van der Waals surface area contributed by atoms with E-state index in [1.165, 1.54) is 0 Å². The quantitative estimate of drug-likeness (QED) is 0.266. The van der Waals surface area contributed by atoms with E-state index in [4.69, 9.17) is 9.47 Å². The lowest BCUT2D eigenvalue weighted by molar-refractivity contribution is -0.173. The first kappa shape index (κ1) is 23.5. The zero-order valence-corrected chi connectivity index (χ0v) is 15.2. The van der Waals surface area contributed by atoms with E-state index in [0.29, 0.717) is 0 Å². The number of carbonyl (C=O) groups excluding carboxylic acids is 2. The molecule has 168 valence electrons. The Morgan fingerprint density at radius 2 is 1.93 bits per heavy atom. The zero-order chi connectivity index (χ0) is 22.5. The molecular weight excluding hydrogens is 421 g/mol. The predicted octanol–water partition coefficient (Wildman–Crippen LogP) is -3.03. The monoisotopic (exact) mass is 440 g/mol. The van der Waals surface area contributed by atoms with Crippen LogP contribution >= 0.6 is 0 Å². The number of hydrogen-bond acceptors (Lipinski definition) is 8. The highest BCUT2D eigenvalue weighted by atomic mass is 19.4. The molecule has 2 amide bonds. The highest BCUT2D eigenvalue weighted by molar-refractivity contribution is 5.81. The van der Waals surface area contributed by atoms with E-state index in [1.54, 1.807) is 5.32 Å². The van der Waals surface area contributed by atoms with E-state index in [-0.39, 0.29) is 6.54 Å². The number of carbonyl (C=O) groups is 2. The fourth-order valence-corrected chi connectivity index (χ4v) is 2.60. The molecule has 0 aliphatic carbocycles. The number of H-pyrrole nitrogens is 1. The average Bonchev–Trinajstić information content (AvgIpc) is 2.98. The molecule has 5 N–H and O–H groups in total. The van der Waals surface area contributed by atoms with Crippen molar-refractivity contribution >= 4 is 11.8 Å². The summed E-state index contributed by atoms with van der Waals surface area (Å²) in [6.45, 7) is -2.11. The van der Waals surface area contributed by atoms with Crippen molar-refractivity contribution in [2.24, 2.45) is 0 Å². The van der Waals surface area contributed by atoms with E-state index in [0.717, 1.165) is 16.8 Å². The van der Waals surface area contributed by atoms with Crippen LogP contribution in [0.2, 0.25) is 0 Å². The van der Waals surface area contributed by atoms with Crippen LogP contribution in [0.15, 0.2) is 21.9 Å². The summed E-state index contributed by atoms with van der Waals surface area (Å²) in [5, 5.41) is 23.2. The lowest BCUT2D eigenvalue weighted by Crippen LogP contribution is -2.43. The Morgan fingerprint density at radius 3 is 2.53 bits per heavy atom. The van der Waals surface area contributed by atoms with Crippen molar-refractivity contribution in [1.29, 1.82) is 0 Å². The molecule has 2 heterocycles. The molecule has 0 spiro atoms. The molecule has 1 aromatic rings. The number of halogens is 3. The molecule has 1 aliphatic heterocycles. The van der Waals surface area contributed by atoms with Crippen molar-refractivity contribution in [1.82, 2.24) is 20.2 Å². The van der Waals surface area contributed by atoms with Gasteiger partial charge >= 0.3 is 17.8 Å². The maximum absolute atomic E-state index is 12.0.